The van der Waals surface area contributed by atoms with Crippen molar-refractivity contribution in [2.45, 2.75) is 24.9 Å². The lowest BCUT2D eigenvalue weighted by Crippen LogP contribution is -2.46. The van der Waals surface area contributed by atoms with Crippen molar-refractivity contribution in [3.8, 4) is 11.5 Å². The molecule has 3 N–H and O–H groups in total. The summed E-state index contributed by atoms with van der Waals surface area (Å²) < 4.78 is 26.7. The van der Waals surface area contributed by atoms with Crippen LogP contribution in [0.4, 0.5) is 14.9 Å². The Morgan fingerprint density at radius 2 is 2.08 bits per heavy atom. The van der Waals surface area contributed by atoms with Crippen LogP contribution in [0.25, 0.3) is 10.2 Å². The number of fused-ring (bicyclic) bond motifs is 1. The zero-order valence-corrected chi connectivity index (χ0v) is 23.0. The second-order valence-electron chi connectivity index (χ2n) is 9.67. The number of pyridine rings is 1. The number of methoxy groups -OCH3 is 1. The minimum absolute atomic E-state index is 0.0238. The molecule has 1 aliphatic heterocycles. The Bertz CT molecular complexity index is 1430. The van der Waals surface area contributed by atoms with Gasteiger partial charge in [-0.3, -0.25) is 14.8 Å². The van der Waals surface area contributed by atoms with Gasteiger partial charge in [0.1, 0.15) is 18.2 Å². The third-order valence-electron chi connectivity index (χ3n) is 6.74. The number of aliphatic imine (C=N–C) groups is 1. The Morgan fingerprint density at radius 1 is 1.25 bits per heavy atom. The van der Waals surface area contributed by atoms with E-state index in [9.17, 15) is 19.1 Å². The van der Waals surface area contributed by atoms with Gasteiger partial charge in [0.05, 0.1) is 34.3 Å². The monoisotopic (exact) mass is 570 g/mol. The van der Waals surface area contributed by atoms with Gasteiger partial charge < -0.3 is 35.0 Å². The molecule has 3 heterocycles. The molecule has 2 aromatic heterocycles. The predicted molar refractivity (Wildman–Crippen MR) is 150 cm³/mol. The number of halogens is 1. The average molecular weight is 571 g/mol. The molecule has 40 heavy (non-hydrogen) atoms. The number of aliphatic hydroxyl groups excluding tert-OH is 1. The van der Waals surface area contributed by atoms with Crippen LogP contribution in [-0.4, -0.2) is 96.8 Å². The number of urea groups is 1. The first-order chi connectivity index (χ1) is 19.4. The molecular formula is C27H31FN6O5S. The van der Waals surface area contributed by atoms with Crippen molar-refractivity contribution < 1.29 is 28.6 Å². The van der Waals surface area contributed by atoms with E-state index < -0.39 is 12.4 Å². The molecule has 3 amide bonds. The van der Waals surface area contributed by atoms with Gasteiger partial charge in [0.2, 0.25) is 5.91 Å². The molecule has 3 aromatic rings. The Morgan fingerprint density at radius 3 is 2.80 bits per heavy atom. The van der Waals surface area contributed by atoms with E-state index in [2.05, 4.69) is 15.6 Å². The van der Waals surface area contributed by atoms with Gasteiger partial charge in [-0.2, -0.15) is 0 Å². The Balaban J connectivity index is 1.29. The number of carbonyl (C=O) groups is 2. The summed E-state index contributed by atoms with van der Waals surface area (Å²) in [6.07, 6.45) is 3.52. The van der Waals surface area contributed by atoms with Crippen LogP contribution >= 0.6 is 11.3 Å². The van der Waals surface area contributed by atoms with Crippen LogP contribution < -0.4 is 15.4 Å². The van der Waals surface area contributed by atoms with E-state index in [1.807, 2.05) is 18.0 Å². The second-order valence-corrected chi connectivity index (χ2v) is 10.7. The summed E-state index contributed by atoms with van der Waals surface area (Å²) in [6, 6.07) is 7.64. The van der Waals surface area contributed by atoms with Gasteiger partial charge in [-0.15, -0.1) is 11.3 Å². The molecule has 1 atom stereocenters. The van der Waals surface area contributed by atoms with E-state index in [1.165, 1.54) is 23.5 Å². The van der Waals surface area contributed by atoms with Crippen molar-refractivity contribution >= 4 is 45.0 Å². The van der Waals surface area contributed by atoms with Crippen LogP contribution in [0.3, 0.4) is 0 Å². The number of hydrogen-bond acceptors (Lipinski definition) is 9. The number of hydrogen-bond donors (Lipinski definition) is 3. The van der Waals surface area contributed by atoms with E-state index in [0.717, 1.165) is 28.3 Å². The van der Waals surface area contributed by atoms with E-state index in [4.69, 9.17) is 14.5 Å². The molecule has 0 radical (unpaired) electrons. The summed E-state index contributed by atoms with van der Waals surface area (Å²) in [7, 11) is 3.48. The number of carbonyl (C=O) groups excluding carboxylic acids is 2. The van der Waals surface area contributed by atoms with Crippen molar-refractivity contribution in [2.24, 2.45) is 4.99 Å². The molecule has 13 heteroatoms. The summed E-state index contributed by atoms with van der Waals surface area (Å²) in [6.45, 7) is 1.08. The second kappa shape index (κ2) is 12.1. The van der Waals surface area contributed by atoms with Crippen LogP contribution in [0, 0.1) is 5.82 Å². The molecule has 1 fully saturated rings. The van der Waals surface area contributed by atoms with Crippen molar-refractivity contribution in [3.63, 3.8) is 0 Å². The van der Waals surface area contributed by atoms with Gasteiger partial charge in [-0.1, -0.05) is 0 Å². The third kappa shape index (κ3) is 6.32. The first-order valence-electron chi connectivity index (χ1n) is 12.9. The lowest BCUT2D eigenvalue weighted by atomic mass is 10.2. The van der Waals surface area contributed by atoms with Crippen LogP contribution in [0.1, 0.15) is 17.7 Å². The smallest absolute Gasteiger partial charge is 0.319 e. The first kappa shape index (κ1) is 27.7. The number of nitrogens with zero attached hydrogens (tertiary/aromatic N) is 4. The summed E-state index contributed by atoms with van der Waals surface area (Å²) in [5.74, 6) is 0.266. The molecule has 212 valence electrons. The van der Waals surface area contributed by atoms with Gasteiger partial charge in [0.15, 0.2) is 11.6 Å². The van der Waals surface area contributed by atoms with Crippen LogP contribution in [-0.2, 0) is 9.53 Å². The van der Waals surface area contributed by atoms with Crippen LogP contribution in [0.5, 0.6) is 11.5 Å². The topological polar surface area (TPSA) is 129 Å². The molecule has 1 aliphatic carbocycles. The van der Waals surface area contributed by atoms with Gasteiger partial charge in [0, 0.05) is 57.3 Å². The van der Waals surface area contributed by atoms with Crippen molar-refractivity contribution in [1.82, 2.24) is 20.1 Å². The highest BCUT2D eigenvalue weighted by Gasteiger charge is 2.30. The van der Waals surface area contributed by atoms with Crippen molar-refractivity contribution in [2.75, 3.05) is 52.3 Å². The Labute approximate surface area is 234 Å². The van der Waals surface area contributed by atoms with Gasteiger partial charge in [0.25, 0.3) is 0 Å². The fourth-order valence-electron chi connectivity index (χ4n) is 4.37. The SMILES string of the molecule is COCCN(CC1CN=C(c2cc3nccc(Oc4ccc(NC(=O)NC5CC5)cc4F)c3s2)N1C)C(=O)CO. The number of ether oxygens (including phenoxy) is 2. The van der Waals surface area contributed by atoms with Crippen LogP contribution in [0.2, 0.25) is 0 Å². The maximum atomic E-state index is 14.9. The third-order valence-corrected chi connectivity index (χ3v) is 7.87. The summed E-state index contributed by atoms with van der Waals surface area (Å²) in [5, 5.41) is 14.8. The number of nitrogens with one attached hydrogen (secondary N) is 2. The number of amides is 3. The van der Waals surface area contributed by atoms with Gasteiger partial charge in [-0.05, 0) is 31.0 Å². The Hall–Kier alpha value is -3.81. The van der Waals surface area contributed by atoms with E-state index in [0.29, 0.717) is 43.2 Å². The van der Waals surface area contributed by atoms with Crippen LogP contribution in [0.15, 0.2) is 41.5 Å². The Kier molecular flexibility index (Phi) is 8.43. The van der Waals surface area contributed by atoms with E-state index >= 15 is 0 Å². The highest BCUT2D eigenvalue weighted by atomic mass is 32.1. The maximum absolute atomic E-state index is 14.9. The number of thiophene rings is 1. The van der Waals surface area contributed by atoms with E-state index in [1.54, 1.807) is 30.3 Å². The fourth-order valence-corrected chi connectivity index (χ4v) is 5.49. The molecule has 1 unspecified atom stereocenters. The predicted octanol–water partition coefficient (Wildman–Crippen LogP) is 3.04. The lowest BCUT2D eigenvalue weighted by molar-refractivity contribution is -0.135. The lowest BCUT2D eigenvalue weighted by Gasteiger charge is -2.29. The molecular weight excluding hydrogens is 539 g/mol. The summed E-state index contributed by atoms with van der Waals surface area (Å²) in [5.41, 5.74) is 1.02. The molecule has 1 aromatic carbocycles. The number of aliphatic hydroxyl groups is 1. The molecule has 2 aliphatic rings. The van der Waals surface area contributed by atoms with Gasteiger partial charge in [-0.25, -0.2) is 9.18 Å². The highest BCUT2D eigenvalue weighted by molar-refractivity contribution is 7.21. The number of rotatable bonds is 11. The number of likely N-dealkylation sites (N-methyl/N-ethyl adjacent to an activating group) is 1. The first-order valence-corrected chi connectivity index (χ1v) is 13.8. The maximum Gasteiger partial charge on any atom is 0.319 e. The minimum Gasteiger partial charge on any atom is -0.453 e. The molecule has 0 saturated heterocycles. The quantitative estimate of drug-likeness (QED) is 0.323. The average Bonchev–Trinajstić information content (AvgIpc) is 3.52. The van der Waals surface area contributed by atoms with Crippen molar-refractivity contribution in [3.05, 3.63) is 47.2 Å². The summed E-state index contributed by atoms with van der Waals surface area (Å²) >= 11 is 1.43. The van der Waals surface area contributed by atoms with Gasteiger partial charge >= 0.3 is 6.03 Å². The highest BCUT2D eigenvalue weighted by Crippen LogP contribution is 2.37. The number of benzene rings is 1. The molecule has 0 spiro atoms. The normalized spacial score (nSPS) is 16.6. The zero-order valence-electron chi connectivity index (χ0n) is 22.2. The number of anilines is 1. The van der Waals surface area contributed by atoms with Crippen molar-refractivity contribution in [1.29, 1.82) is 0 Å². The fraction of sp³-hybridized carbons (Fsp3) is 0.407. The molecule has 11 nitrogen and oxygen atoms in total. The number of aromatic nitrogens is 1. The number of amidine groups is 1. The summed E-state index contributed by atoms with van der Waals surface area (Å²) in [4.78, 5) is 37.8. The molecule has 5 rings (SSSR count). The van der Waals surface area contributed by atoms with E-state index in [-0.39, 0.29) is 29.8 Å². The zero-order chi connectivity index (χ0) is 28.2. The standard InChI is InChI=1S/C27H31FN6O5S/c1-33-18(14-34(9-10-38-2)24(36)15-35)13-30-26(33)23-12-20-25(40-23)22(7-8-29-20)39-21-6-5-17(11-19(21)28)32-27(37)31-16-3-4-16/h5-8,11-12,16,18,35H,3-4,9-10,13-15H2,1-2H3,(H2,31,32,37). The molecule has 0 bridgehead atoms. The minimum atomic E-state index is -0.607. The molecule has 1 saturated carbocycles. The largest absolute Gasteiger partial charge is 0.453 e.